The van der Waals surface area contributed by atoms with E-state index in [2.05, 4.69) is 21.2 Å². The van der Waals surface area contributed by atoms with Crippen molar-refractivity contribution >= 4 is 66.7 Å². The summed E-state index contributed by atoms with van der Waals surface area (Å²) in [6, 6.07) is 20.1. The quantitative estimate of drug-likeness (QED) is 0.254. The first-order valence-corrected chi connectivity index (χ1v) is 16.1. The van der Waals surface area contributed by atoms with Crippen LogP contribution in [0.15, 0.2) is 77.3 Å². The van der Waals surface area contributed by atoms with E-state index in [-0.39, 0.29) is 35.6 Å². The maximum absolute atomic E-state index is 14.1. The second kappa shape index (κ2) is 14.3. The first-order chi connectivity index (χ1) is 18.9. The molecule has 0 unspecified atom stereocenters. The number of hydrogen-bond donors (Lipinski definition) is 1. The Morgan fingerprint density at radius 3 is 2.25 bits per heavy atom. The molecule has 0 fully saturated rings. The molecule has 3 rings (SSSR count). The van der Waals surface area contributed by atoms with Crippen LogP contribution in [-0.2, 0) is 32.6 Å². The van der Waals surface area contributed by atoms with Crippen LogP contribution in [0, 0.1) is 0 Å². The molecule has 40 heavy (non-hydrogen) atoms. The number of anilines is 1. The Labute approximate surface area is 254 Å². The van der Waals surface area contributed by atoms with E-state index >= 15 is 0 Å². The second-order valence-electron chi connectivity index (χ2n) is 9.54. The van der Waals surface area contributed by atoms with Crippen molar-refractivity contribution in [2.24, 2.45) is 0 Å². The monoisotopic (exact) mass is 667 g/mol. The number of nitrogens with one attached hydrogen (secondary N) is 1. The molecule has 11 heteroatoms. The maximum atomic E-state index is 14.1. The van der Waals surface area contributed by atoms with E-state index < -0.39 is 28.5 Å². The summed E-state index contributed by atoms with van der Waals surface area (Å²) in [5.74, 6) is -0.881. The minimum absolute atomic E-state index is 0.0790. The van der Waals surface area contributed by atoms with Gasteiger partial charge in [0.15, 0.2) is 0 Å². The molecule has 0 radical (unpaired) electrons. The molecule has 0 saturated carbocycles. The lowest BCUT2D eigenvalue weighted by atomic mass is 10.0. The zero-order chi connectivity index (χ0) is 29.4. The van der Waals surface area contributed by atoms with E-state index in [1.54, 1.807) is 0 Å². The van der Waals surface area contributed by atoms with Crippen LogP contribution in [-0.4, -0.2) is 50.0 Å². The van der Waals surface area contributed by atoms with Gasteiger partial charge in [-0.3, -0.25) is 13.9 Å². The molecule has 7 nitrogen and oxygen atoms in total. The lowest BCUT2D eigenvalue weighted by Crippen LogP contribution is -2.54. The molecule has 3 aromatic carbocycles. The third kappa shape index (κ3) is 8.96. The summed E-state index contributed by atoms with van der Waals surface area (Å²) in [5, 5.41) is 3.41. The largest absolute Gasteiger partial charge is 0.352 e. The minimum atomic E-state index is -3.94. The fourth-order valence-corrected chi connectivity index (χ4v) is 5.97. The molecule has 0 bridgehead atoms. The Hall–Kier alpha value is -2.59. The standard InChI is InChI=1S/C29H32BrCl2N3O4S/c1-4-20(2)33-29(37)27(16-21-9-6-5-7-10-21)34(18-22-11-8-12-23(30)15-22)28(36)19-35(40(3,38)39)26-14-13-24(31)17-25(26)32/h5-15,17,20,27H,4,16,18-19H2,1-3H3,(H,33,37)/t20-,27-/m1/s1. The Bertz CT molecular complexity index is 1440. The van der Waals surface area contributed by atoms with Crippen LogP contribution in [0.1, 0.15) is 31.4 Å². The zero-order valence-electron chi connectivity index (χ0n) is 22.5. The van der Waals surface area contributed by atoms with Crippen molar-refractivity contribution in [3.05, 3.63) is 98.4 Å². The van der Waals surface area contributed by atoms with Crippen LogP contribution >= 0.6 is 39.1 Å². The van der Waals surface area contributed by atoms with Gasteiger partial charge in [0, 0.05) is 28.5 Å². The number of hydrogen-bond acceptors (Lipinski definition) is 4. The summed E-state index contributed by atoms with van der Waals surface area (Å²) in [7, 11) is -3.94. The highest BCUT2D eigenvalue weighted by Crippen LogP contribution is 2.31. The van der Waals surface area contributed by atoms with Gasteiger partial charge in [0.2, 0.25) is 21.8 Å². The van der Waals surface area contributed by atoms with Gasteiger partial charge in [-0.05, 0) is 54.8 Å². The van der Waals surface area contributed by atoms with Crippen molar-refractivity contribution in [1.29, 1.82) is 0 Å². The molecule has 0 saturated heterocycles. The topological polar surface area (TPSA) is 86.8 Å². The number of sulfonamides is 1. The number of halogens is 3. The van der Waals surface area contributed by atoms with E-state index in [9.17, 15) is 18.0 Å². The van der Waals surface area contributed by atoms with Crippen molar-refractivity contribution in [2.75, 3.05) is 17.1 Å². The number of nitrogens with zero attached hydrogens (tertiary/aromatic N) is 2. The van der Waals surface area contributed by atoms with Crippen LogP contribution in [0.25, 0.3) is 0 Å². The van der Waals surface area contributed by atoms with Gasteiger partial charge in [0.1, 0.15) is 12.6 Å². The van der Waals surface area contributed by atoms with Gasteiger partial charge in [-0.1, -0.05) is 88.5 Å². The summed E-state index contributed by atoms with van der Waals surface area (Å²) in [6.45, 7) is 3.37. The fraction of sp³-hybridized carbons (Fsp3) is 0.310. The number of amides is 2. The van der Waals surface area contributed by atoms with Gasteiger partial charge >= 0.3 is 0 Å². The van der Waals surface area contributed by atoms with Crippen LogP contribution in [0.5, 0.6) is 0 Å². The first-order valence-electron chi connectivity index (χ1n) is 12.7. The van der Waals surface area contributed by atoms with Gasteiger partial charge in [-0.15, -0.1) is 0 Å². The van der Waals surface area contributed by atoms with E-state index in [1.165, 1.54) is 23.1 Å². The van der Waals surface area contributed by atoms with Crippen LogP contribution in [0.4, 0.5) is 5.69 Å². The van der Waals surface area contributed by atoms with Crippen LogP contribution < -0.4 is 9.62 Å². The normalized spacial score (nSPS) is 12.8. The SMILES string of the molecule is CC[C@@H](C)NC(=O)[C@@H](Cc1ccccc1)N(Cc1cccc(Br)c1)C(=O)CN(c1ccc(Cl)cc1Cl)S(C)(=O)=O. The average molecular weight is 669 g/mol. The molecule has 2 amide bonds. The molecule has 2 atom stereocenters. The third-order valence-corrected chi connectivity index (χ3v) is 8.53. The summed E-state index contributed by atoms with van der Waals surface area (Å²) in [4.78, 5) is 29.2. The Kier molecular flexibility index (Phi) is 11.5. The molecule has 0 heterocycles. The van der Waals surface area contributed by atoms with Gasteiger partial charge in [0.05, 0.1) is 17.0 Å². The van der Waals surface area contributed by atoms with Crippen LogP contribution in [0.2, 0.25) is 10.0 Å². The van der Waals surface area contributed by atoms with Crippen molar-refractivity contribution in [1.82, 2.24) is 10.2 Å². The minimum Gasteiger partial charge on any atom is -0.352 e. The van der Waals surface area contributed by atoms with Crippen molar-refractivity contribution < 1.29 is 18.0 Å². The number of rotatable bonds is 12. The number of carbonyl (C=O) groups excluding carboxylic acids is 2. The molecular weight excluding hydrogens is 637 g/mol. The molecule has 0 aromatic heterocycles. The lowest BCUT2D eigenvalue weighted by molar-refractivity contribution is -0.140. The van der Waals surface area contributed by atoms with Gasteiger partial charge in [-0.2, -0.15) is 0 Å². The van der Waals surface area contributed by atoms with Crippen molar-refractivity contribution in [3.63, 3.8) is 0 Å². The highest BCUT2D eigenvalue weighted by atomic mass is 79.9. The van der Waals surface area contributed by atoms with Crippen LogP contribution in [0.3, 0.4) is 0 Å². The smallest absolute Gasteiger partial charge is 0.244 e. The van der Waals surface area contributed by atoms with Gasteiger partial charge in [0.25, 0.3) is 0 Å². The van der Waals surface area contributed by atoms with E-state index in [4.69, 9.17) is 23.2 Å². The highest BCUT2D eigenvalue weighted by molar-refractivity contribution is 9.10. The van der Waals surface area contributed by atoms with Crippen molar-refractivity contribution in [3.8, 4) is 0 Å². The summed E-state index contributed by atoms with van der Waals surface area (Å²) >= 11 is 15.8. The Balaban J connectivity index is 2.08. The number of carbonyl (C=O) groups is 2. The van der Waals surface area contributed by atoms with Gasteiger partial charge < -0.3 is 10.2 Å². The first kappa shape index (κ1) is 31.9. The third-order valence-electron chi connectivity index (χ3n) is 6.37. The molecular formula is C29H32BrCl2N3O4S. The Morgan fingerprint density at radius 2 is 1.65 bits per heavy atom. The van der Waals surface area contributed by atoms with Gasteiger partial charge in [-0.25, -0.2) is 8.42 Å². The van der Waals surface area contributed by atoms with E-state index in [0.717, 1.165) is 26.2 Å². The summed E-state index contributed by atoms with van der Waals surface area (Å²) in [6.07, 6.45) is 1.95. The van der Waals surface area contributed by atoms with E-state index in [1.807, 2.05) is 68.4 Å². The molecule has 1 N–H and O–H groups in total. The molecule has 0 spiro atoms. The number of benzene rings is 3. The maximum Gasteiger partial charge on any atom is 0.244 e. The fourth-order valence-electron chi connectivity index (χ4n) is 4.11. The molecule has 3 aromatic rings. The lowest BCUT2D eigenvalue weighted by Gasteiger charge is -2.34. The molecule has 0 aliphatic heterocycles. The zero-order valence-corrected chi connectivity index (χ0v) is 26.4. The predicted octanol–water partition coefficient (Wildman–Crippen LogP) is 6.08. The average Bonchev–Trinajstić information content (AvgIpc) is 2.89. The van der Waals surface area contributed by atoms with E-state index in [0.29, 0.717) is 11.4 Å². The van der Waals surface area contributed by atoms with Crippen molar-refractivity contribution in [2.45, 2.75) is 45.3 Å². The Morgan fingerprint density at radius 1 is 0.975 bits per heavy atom. The molecule has 0 aliphatic carbocycles. The highest BCUT2D eigenvalue weighted by Gasteiger charge is 2.34. The molecule has 214 valence electrons. The molecule has 0 aliphatic rings. The summed E-state index contributed by atoms with van der Waals surface area (Å²) < 4.78 is 27.5. The second-order valence-corrected chi connectivity index (χ2v) is 13.2. The predicted molar refractivity (Wildman–Crippen MR) is 165 cm³/mol. The summed E-state index contributed by atoms with van der Waals surface area (Å²) in [5.41, 5.74) is 1.75.